The van der Waals surface area contributed by atoms with Crippen LogP contribution in [0, 0.1) is 0 Å². The number of ether oxygens (including phenoxy) is 1. The number of hydrogen-bond donors (Lipinski definition) is 1. The second kappa shape index (κ2) is 5.40. The van der Waals surface area contributed by atoms with E-state index < -0.39 is 0 Å². The molecule has 1 saturated heterocycles. The maximum atomic E-state index is 5.65. The third-order valence-electron chi connectivity index (χ3n) is 3.51. The summed E-state index contributed by atoms with van der Waals surface area (Å²) in [6.07, 6.45) is 9.31. The van der Waals surface area contributed by atoms with E-state index in [4.69, 9.17) is 10.5 Å². The van der Waals surface area contributed by atoms with Gasteiger partial charge in [-0.2, -0.15) is 0 Å². The van der Waals surface area contributed by atoms with Crippen LogP contribution in [0.5, 0.6) is 0 Å². The molecule has 1 unspecified atom stereocenters. The van der Waals surface area contributed by atoms with Crippen LogP contribution in [0.3, 0.4) is 0 Å². The Balaban J connectivity index is 1.72. The average molecular weight is 258 g/mol. The molecule has 1 aliphatic rings. The van der Waals surface area contributed by atoms with Crippen molar-refractivity contribution < 1.29 is 4.74 Å². The number of nitrogens with zero attached hydrogens (tertiary/aromatic N) is 3. The summed E-state index contributed by atoms with van der Waals surface area (Å²) in [4.78, 5) is 8.36. The fraction of sp³-hybridized carbons (Fsp3) is 0.429. The molecule has 0 radical (unpaired) electrons. The van der Waals surface area contributed by atoms with Gasteiger partial charge in [-0.25, -0.2) is 9.97 Å². The van der Waals surface area contributed by atoms with Gasteiger partial charge in [0.1, 0.15) is 5.82 Å². The molecule has 0 aliphatic carbocycles. The molecule has 5 heteroatoms. The zero-order valence-corrected chi connectivity index (χ0v) is 10.8. The van der Waals surface area contributed by atoms with E-state index in [0.29, 0.717) is 11.9 Å². The lowest BCUT2D eigenvalue weighted by atomic mass is 10.1. The quantitative estimate of drug-likeness (QED) is 0.912. The normalized spacial score (nSPS) is 18.8. The molecule has 0 bridgehead atoms. The summed E-state index contributed by atoms with van der Waals surface area (Å²) >= 11 is 0. The van der Waals surface area contributed by atoms with Crippen molar-refractivity contribution in [3.05, 3.63) is 30.9 Å². The average Bonchev–Trinajstić information content (AvgIpc) is 3.08. The van der Waals surface area contributed by atoms with Crippen molar-refractivity contribution in [1.82, 2.24) is 14.5 Å². The highest BCUT2D eigenvalue weighted by Gasteiger charge is 2.16. The van der Waals surface area contributed by atoms with Gasteiger partial charge in [0.2, 0.25) is 0 Å². The zero-order valence-electron chi connectivity index (χ0n) is 10.8. The first kappa shape index (κ1) is 12.2. The van der Waals surface area contributed by atoms with Gasteiger partial charge in [-0.05, 0) is 31.4 Å². The number of nitrogen functional groups attached to an aromatic ring is 1. The molecule has 2 N–H and O–H groups in total. The number of rotatable bonds is 4. The second-order valence-electron chi connectivity index (χ2n) is 4.87. The molecule has 2 aromatic rings. The standard InChI is InChI=1S/C14H18N4O/c15-14-4-3-11(8-17-14)13-9-16-10-18(13)6-5-12-2-1-7-19-12/h3-4,8-10,12H,1-2,5-7H2,(H2,15,17). The number of hydrogen-bond acceptors (Lipinski definition) is 4. The maximum Gasteiger partial charge on any atom is 0.123 e. The molecule has 0 spiro atoms. The molecular weight excluding hydrogens is 240 g/mol. The predicted molar refractivity (Wildman–Crippen MR) is 73.5 cm³/mol. The number of nitrogens with two attached hydrogens (primary N) is 1. The Bertz CT molecular complexity index is 529. The molecule has 3 heterocycles. The molecule has 3 rings (SSSR count). The van der Waals surface area contributed by atoms with Gasteiger partial charge in [-0.3, -0.25) is 0 Å². The Kier molecular flexibility index (Phi) is 3.46. The number of aromatic nitrogens is 3. The van der Waals surface area contributed by atoms with Gasteiger partial charge in [0.05, 0.1) is 24.3 Å². The van der Waals surface area contributed by atoms with Gasteiger partial charge in [0, 0.05) is 24.9 Å². The van der Waals surface area contributed by atoms with Crippen LogP contribution in [0.2, 0.25) is 0 Å². The third-order valence-corrected chi connectivity index (χ3v) is 3.51. The van der Waals surface area contributed by atoms with E-state index in [0.717, 1.165) is 30.8 Å². The highest BCUT2D eigenvalue weighted by atomic mass is 16.5. The summed E-state index contributed by atoms with van der Waals surface area (Å²) in [6.45, 7) is 1.83. The smallest absolute Gasteiger partial charge is 0.123 e. The molecule has 0 saturated carbocycles. The summed E-state index contributed by atoms with van der Waals surface area (Å²) in [5.74, 6) is 0.536. The Labute approximate surface area is 112 Å². The van der Waals surface area contributed by atoms with Crippen molar-refractivity contribution in [3.63, 3.8) is 0 Å². The van der Waals surface area contributed by atoms with Crippen LogP contribution in [-0.4, -0.2) is 27.2 Å². The lowest BCUT2D eigenvalue weighted by Crippen LogP contribution is -2.10. The van der Waals surface area contributed by atoms with Crippen LogP contribution in [-0.2, 0) is 11.3 Å². The summed E-state index contributed by atoms with van der Waals surface area (Å²) < 4.78 is 7.80. The minimum absolute atomic E-state index is 0.403. The van der Waals surface area contributed by atoms with Crippen LogP contribution in [0.15, 0.2) is 30.9 Å². The minimum atomic E-state index is 0.403. The van der Waals surface area contributed by atoms with E-state index in [2.05, 4.69) is 14.5 Å². The number of pyridine rings is 1. The monoisotopic (exact) mass is 258 g/mol. The summed E-state index contributed by atoms with van der Waals surface area (Å²) in [5.41, 5.74) is 7.72. The third kappa shape index (κ3) is 2.76. The van der Waals surface area contributed by atoms with Crippen molar-refractivity contribution >= 4 is 5.82 Å². The van der Waals surface area contributed by atoms with E-state index in [1.54, 1.807) is 6.20 Å². The Hall–Kier alpha value is -1.88. The first-order chi connectivity index (χ1) is 9.33. The molecule has 2 aromatic heterocycles. The summed E-state index contributed by atoms with van der Waals surface area (Å²) in [6, 6.07) is 3.79. The van der Waals surface area contributed by atoms with Crippen LogP contribution in [0.1, 0.15) is 19.3 Å². The lowest BCUT2D eigenvalue weighted by Gasteiger charge is -2.12. The summed E-state index contributed by atoms with van der Waals surface area (Å²) in [7, 11) is 0. The van der Waals surface area contributed by atoms with Crippen molar-refractivity contribution in [3.8, 4) is 11.3 Å². The van der Waals surface area contributed by atoms with Gasteiger partial charge in [-0.15, -0.1) is 0 Å². The molecule has 0 aromatic carbocycles. The largest absolute Gasteiger partial charge is 0.384 e. The van der Waals surface area contributed by atoms with E-state index in [-0.39, 0.29) is 0 Å². The molecular formula is C14H18N4O. The second-order valence-corrected chi connectivity index (χ2v) is 4.87. The molecule has 1 fully saturated rings. The highest BCUT2D eigenvalue weighted by Crippen LogP contribution is 2.21. The highest BCUT2D eigenvalue weighted by molar-refractivity contribution is 5.59. The molecule has 19 heavy (non-hydrogen) atoms. The number of aryl methyl sites for hydroxylation is 1. The van der Waals surface area contributed by atoms with Crippen molar-refractivity contribution in [1.29, 1.82) is 0 Å². The van der Waals surface area contributed by atoms with E-state index >= 15 is 0 Å². The molecule has 100 valence electrons. The van der Waals surface area contributed by atoms with Gasteiger partial charge in [-0.1, -0.05) is 0 Å². The fourth-order valence-corrected chi connectivity index (χ4v) is 2.45. The Morgan fingerprint density at radius 1 is 1.37 bits per heavy atom. The van der Waals surface area contributed by atoms with Gasteiger partial charge < -0.3 is 15.0 Å². The predicted octanol–water partition coefficient (Wildman–Crippen LogP) is 2.10. The Morgan fingerprint density at radius 3 is 3.05 bits per heavy atom. The molecule has 1 aliphatic heterocycles. The zero-order chi connectivity index (χ0) is 13.1. The van der Waals surface area contributed by atoms with Crippen molar-refractivity contribution in [2.45, 2.75) is 31.9 Å². The fourth-order valence-electron chi connectivity index (χ4n) is 2.45. The van der Waals surface area contributed by atoms with E-state index in [1.807, 2.05) is 24.7 Å². The van der Waals surface area contributed by atoms with Crippen molar-refractivity contribution in [2.75, 3.05) is 12.3 Å². The van der Waals surface area contributed by atoms with Crippen LogP contribution < -0.4 is 5.73 Å². The lowest BCUT2D eigenvalue weighted by molar-refractivity contribution is 0.100. The van der Waals surface area contributed by atoms with Gasteiger partial charge in [0.15, 0.2) is 0 Å². The molecule has 1 atom stereocenters. The van der Waals surface area contributed by atoms with Gasteiger partial charge >= 0.3 is 0 Å². The first-order valence-electron chi connectivity index (χ1n) is 6.66. The van der Waals surface area contributed by atoms with Crippen molar-refractivity contribution in [2.24, 2.45) is 0 Å². The van der Waals surface area contributed by atoms with E-state index in [1.165, 1.54) is 12.8 Å². The topological polar surface area (TPSA) is 66.0 Å². The maximum absolute atomic E-state index is 5.65. The molecule has 0 amide bonds. The van der Waals surface area contributed by atoms with Crippen LogP contribution in [0.25, 0.3) is 11.3 Å². The van der Waals surface area contributed by atoms with Crippen LogP contribution >= 0.6 is 0 Å². The summed E-state index contributed by atoms with van der Waals surface area (Å²) in [5, 5.41) is 0. The number of imidazole rings is 1. The van der Waals surface area contributed by atoms with Crippen LogP contribution in [0.4, 0.5) is 5.82 Å². The number of anilines is 1. The molecule has 5 nitrogen and oxygen atoms in total. The van der Waals surface area contributed by atoms with Gasteiger partial charge in [0.25, 0.3) is 0 Å². The Morgan fingerprint density at radius 2 is 2.32 bits per heavy atom. The van der Waals surface area contributed by atoms with E-state index in [9.17, 15) is 0 Å². The first-order valence-corrected chi connectivity index (χ1v) is 6.66. The SMILES string of the molecule is Nc1ccc(-c2cncn2CCC2CCCO2)cn1. The minimum Gasteiger partial charge on any atom is -0.384 e.